The monoisotopic (exact) mass is 302 g/mol. The molecule has 4 nitrogen and oxygen atoms in total. The Morgan fingerprint density at radius 2 is 2.18 bits per heavy atom. The molecule has 0 bridgehead atoms. The van der Waals surface area contributed by atoms with Crippen molar-refractivity contribution in [2.75, 3.05) is 11.9 Å². The molecule has 2 aliphatic rings. The molecule has 3 atom stereocenters. The van der Waals surface area contributed by atoms with Gasteiger partial charge in [0.2, 0.25) is 5.91 Å². The van der Waals surface area contributed by atoms with E-state index in [-0.39, 0.29) is 11.9 Å². The lowest BCUT2D eigenvalue weighted by Crippen LogP contribution is -2.40. The van der Waals surface area contributed by atoms with Gasteiger partial charge in [0.25, 0.3) is 0 Å². The molecule has 0 radical (unpaired) electrons. The Bertz CT molecular complexity index is 530. The first kappa shape index (κ1) is 15.3. The third kappa shape index (κ3) is 3.27. The number of benzene rings is 1. The van der Waals surface area contributed by atoms with Crippen LogP contribution in [0.25, 0.3) is 0 Å². The van der Waals surface area contributed by atoms with Gasteiger partial charge < -0.3 is 15.4 Å². The molecule has 1 aliphatic heterocycles. The van der Waals surface area contributed by atoms with Gasteiger partial charge in [-0.25, -0.2) is 0 Å². The van der Waals surface area contributed by atoms with Crippen LogP contribution in [0, 0.1) is 12.8 Å². The van der Waals surface area contributed by atoms with Crippen LogP contribution in [0.15, 0.2) is 18.2 Å². The summed E-state index contributed by atoms with van der Waals surface area (Å²) in [5.41, 5.74) is 1.92. The molecule has 0 spiro atoms. The molecular weight excluding hydrogens is 276 g/mol. The first-order chi connectivity index (χ1) is 10.7. The predicted molar refractivity (Wildman–Crippen MR) is 88.3 cm³/mol. The molecule has 1 aromatic rings. The summed E-state index contributed by atoms with van der Waals surface area (Å²) in [6.45, 7) is 4.62. The van der Waals surface area contributed by atoms with Gasteiger partial charge in [-0.1, -0.05) is 12.8 Å². The summed E-state index contributed by atoms with van der Waals surface area (Å²) in [5, 5.41) is 6.60. The van der Waals surface area contributed by atoms with Gasteiger partial charge in [0.1, 0.15) is 5.75 Å². The molecule has 22 heavy (non-hydrogen) atoms. The SMILES string of the molecule is CCOc1ccc(NC(=O)C2CC3CCCCC3N2)c(C)c1. The smallest absolute Gasteiger partial charge is 0.241 e. The van der Waals surface area contributed by atoms with E-state index in [1.165, 1.54) is 25.7 Å². The van der Waals surface area contributed by atoms with E-state index in [0.717, 1.165) is 23.4 Å². The van der Waals surface area contributed by atoms with Gasteiger partial charge in [-0.15, -0.1) is 0 Å². The zero-order valence-corrected chi connectivity index (χ0v) is 13.5. The van der Waals surface area contributed by atoms with E-state index in [1.807, 2.05) is 32.0 Å². The third-order valence-corrected chi connectivity index (χ3v) is 4.95. The van der Waals surface area contributed by atoms with Crippen LogP contribution in [0.1, 0.15) is 44.6 Å². The van der Waals surface area contributed by atoms with Crippen molar-refractivity contribution in [2.24, 2.45) is 5.92 Å². The molecule has 1 saturated heterocycles. The van der Waals surface area contributed by atoms with Gasteiger partial charge in [0.15, 0.2) is 0 Å². The minimum Gasteiger partial charge on any atom is -0.494 e. The van der Waals surface area contributed by atoms with E-state index in [4.69, 9.17) is 4.74 Å². The predicted octanol–water partition coefficient (Wildman–Crippen LogP) is 3.25. The molecule has 1 amide bonds. The minimum absolute atomic E-state index is 0.0425. The van der Waals surface area contributed by atoms with E-state index in [0.29, 0.717) is 18.6 Å². The van der Waals surface area contributed by atoms with Crippen molar-refractivity contribution in [3.63, 3.8) is 0 Å². The average molecular weight is 302 g/mol. The number of amides is 1. The Labute approximate surface area is 132 Å². The Morgan fingerprint density at radius 3 is 2.91 bits per heavy atom. The van der Waals surface area contributed by atoms with Crippen molar-refractivity contribution in [3.8, 4) is 5.75 Å². The Hall–Kier alpha value is -1.55. The molecular formula is C18H26N2O2. The van der Waals surface area contributed by atoms with E-state index >= 15 is 0 Å². The Balaban J connectivity index is 1.62. The maximum atomic E-state index is 12.5. The number of hydrogen-bond acceptors (Lipinski definition) is 3. The standard InChI is InChI=1S/C18H26N2O2/c1-3-22-14-8-9-15(12(2)10-14)20-18(21)17-11-13-6-4-5-7-16(13)19-17/h8-10,13,16-17,19H,3-7,11H2,1-2H3,(H,20,21). The molecule has 1 aromatic carbocycles. The van der Waals surface area contributed by atoms with Gasteiger partial charge in [0, 0.05) is 11.7 Å². The van der Waals surface area contributed by atoms with Crippen LogP contribution in [-0.4, -0.2) is 24.6 Å². The van der Waals surface area contributed by atoms with Gasteiger partial charge in [-0.2, -0.15) is 0 Å². The van der Waals surface area contributed by atoms with Crippen LogP contribution in [0.3, 0.4) is 0 Å². The maximum absolute atomic E-state index is 12.5. The largest absolute Gasteiger partial charge is 0.494 e. The average Bonchev–Trinajstić information content (AvgIpc) is 2.94. The summed E-state index contributed by atoms with van der Waals surface area (Å²) < 4.78 is 5.49. The number of hydrogen-bond donors (Lipinski definition) is 2. The zero-order chi connectivity index (χ0) is 15.5. The van der Waals surface area contributed by atoms with Gasteiger partial charge in [0.05, 0.1) is 12.6 Å². The fraction of sp³-hybridized carbons (Fsp3) is 0.611. The molecule has 3 unspecified atom stereocenters. The number of aryl methyl sites for hydroxylation is 1. The second-order valence-electron chi connectivity index (χ2n) is 6.50. The van der Waals surface area contributed by atoms with Crippen molar-refractivity contribution in [2.45, 2.75) is 58.0 Å². The number of nitrogens with one attached hydrogen (secondary N) is 2. The Kier molecular flexibility index (Phi) is 4.67. The maximum Gasteiger partial charge on any atom is 0.241 e. The highest BCUT2D eigenvalue weighted by Crippen LogP contribution is 2.33. The summed E-state index contributed by atoms with van der Waals surface area (Å²) in [6.07, 6.45) is 6.07. The van der Waals surface area contributed by atoms with Crippen LogP contribution in [0.4, 0.5) is 5.69 Å². The lowest BCUT2D eigenvalue weighted by Gasteiger charge is -2.24. The number of carbonyl (C=O) groups is 1. The highest BCUT2D eigenvalue weighted by Gasteiger charge is 2.38. The topological polar surface area (TPSA) is 50.4 Å². The number of carbonyl (C=O) groups excluding carboxylic acids is 1. The second-order valence-corrected chi connectivity index (χ2v) is 6.50. The quantitative estimate of drug-likeness (QED) is 0.897. The van der Waals surface area contributed by atoms with E-state index < -0.39 is 0 Å². The molecule has 2 N–H and O–H groups in total. The van der Waals surface area contributed by atoms with Crippen LogP contribution in [-0.2, 0) is 4.79 Å². The lowest BCUT2D eigenvalue weighted by molar-refractivity contribution is -0.117. The van der Waals surface area contributed by atoms with Crippen molar-refractivity contribution in [1.29, 1.82) is 0 Å². The van der Waals surface area contributed by atoms with Gasteiger partial charge in [-0.05, 0) is 62.8 Å². The van der Waals surface area contributed by atoms with Crippen LogP contribution >= 0.6 is 0 Å². The minimum atomic E-state index is -0.0425. The summed E-state index contributed by atoms with van der Waals surface area (Å²) in [5.74, 6) is 1.63. The molecule has 1 aliphatic carbocycles. The fourth-order valence-electron chi connectivity index (χ4n) is 3.77. The molecule has 1 saturated carbocycles. The molecule has 2 fully saturated rings. The van der Waals surface area contributed by atoms with E-state index in [2.05, 4.69) is 10.6 Å². The van der Waals surface area contributed by atoms with E-state index in [1.54, 1.807) is 0 Å². The van der Waals surface area contributed by atoms with E-state index in [9.17, 15) is 4.79 Å². The third-order valence-electron chi connectivity index (χ3n) is 4.95. The summed E-state index contributed by atoms with van der Waals surface area (Å²) >= 11 is 0. The Morgan fingerprint density at radius 1 is 1.36 bits per heavy atom. The molecule has 1 heterocycles. The number of rotatable bonds is 4. The summed E-state index contributed by atoms with van der Waals surface area (Å²) in [7, 11) is 0. The molecule has 4 heteroatoms. The van der Waals surface area contributed by atoms with Crippen molar-refractivity contribution >= 4 is 11.6 Å². The molecule has 3 rings (SSSR count). The second kappa shape index (κ2) is 6.69. The lowest BCUT2D eigenvalue weighted by atomic mass is 9.85. The summed E-state index contributed by atoms with van der Waals surface area (Å²) in [4.78, 5) is 12.5. The van der Waals surface area contributed by atoms with Gasteiger partial charge in [-0.3, -0.25) is 4.79 Å². The normalized spacial score (nSPS) is 27.3. The van der Waals surface area contributed by atoms with Crippen LogP contribution < -0.4 is 15.4 Å². The van der Waals surface area contributed by atoms with Crippen molar-refractivity contribution in [1.82, 2.24) is 5.32 Å². The fourth-order valence-corrected chi connectivity index (χ4v) is 3.77. The summed E-state index contributed by atoms with van der Waals surface area (Å²) in [6, 6.07) is 6.32. The first-order valence-corrected chi connectivity index (χ1v) is 8.47. The van der Waals surface area contributed by atoms with Crippen LogP contribution in [0.5, 0.6) is 5.75 Å². The number of ether oxygens (including phenoxy) is 1. The number of fused-ring (bicyclic) bond motifs is 1. The highest BCUT2D eigenvalue weighted by molar-refractivity contribution is 5.95. The van der Waals surface area contributed by atoms with Crippen LogP contribution in [0.2, 0.25) is 0 Å². The first-order valence-electron chi connectivity index (χ1n) is 8.47. The highest BCUT2D eigenvalue weighted by atomic mass is 16.5. The molecule has 120 valence electrons. The number of anilines is 1. The molecule has 0 aromatic heterocycles. The zero-order valence-electron chi connectivity index (χ0n) is 13.5. The van der Waals surface area contributed by atoms with Gasteiger partial charge >= 0.3 is 0 Å². The van der Waals surface area contributed by atoms with Crippen molar-refractivity contribution in [3.05, 3.63) is 23.8 Å². The van der Waals surface area contributed by atoms with Crippen molar-refractivity contribution < 1.29 is 9.53 Å².